The molecule has 0 heterocycles. The zero-order chi connectivity index (χ0) is 12.9. The van der Waals surface area contributed by atoms with Crippen LogP contribution in [0.25, 0.3) is 0 Å². The van der Waals surface area contributed by atoms with Crippen molar-refractivity contribution >= 4 is 17.2 Å². The van der Waals surface area contributed by atoms with Crippen LogP contribution in [0.15, 0.2) is 29.2 Å². The summed E-state index contributed by atoms with van der Waals surface area (Å²) in [7, 11) is -5.17. The van der Waals surface area contributed by atoms with Gasteiger partial charge >= 0.3 is 7.12 Å². The molecular formula is C10H15BO5S. The Morgan fingerprint density at radius 2 is 1.82 bits per heavy atom. The van der Waals surface area contributed by atoms with Gasteiger partial charge in [-0.3, -0.25) is 4.18 Å². The van der Waals surface area contributed by atoms with Crippen molar-refractivity contribution in [2.24, 2.45) is 0 Å². The molecule has 0 fully saturated rings. The molecule has 1 aromatic carbocycles. The lowest BCUT2D eigenvalue weighted by molar-refractivity contribution is 0.310. The smallest absolute Gasteiger partial charge is 0.427 e. The van der Waals surface area contributed by atoms with Crippen LogP contribution in [0.5, 0.6) is 0 Å². The number of hydrogen-bond donors (Lipinski definition) is 2. The van der Waals surface area contributed by atoms with E-state index in [2.05, 4.69) is 0 Å². The average Bonchev–Trinajstić information content (AvgIpc) is 2.25. The van der Waals surface area contributed by atoms with E-state index in [0.29, 0.717) is 0 Å². The number of hydrogen-bond acceptors (Lipinski definition) is 5. The number of aryl methyl sites for hydroxylation is 1. The Kier molecular flexibility index (Phi) is 5.13. The molecule has 0 radical (unpaired) electrons. The molecule has 0 bridgehead atoms. The Labute approximate surface area is 101 Å². The monoisotopic (exact) mass is 258 g/mol. The van der Waals surface area contributed by atoms with E-state index in [1.165, 1.54) is 12.1 Å². The number of rotatable bonds is 6. The molecular weight excluding hydrogens is 243 g/mol. The van der Waals surface area contributed by atoms with E-state index in [9.17, 15) is 8.42 Å². The first-order valence-electron chi connectivity index (χ1n) is 5.24. The molecule has 0 saturated carbocycles. The summed E-state index contributed by atoms with van der Waals surface area (Å²) >= 11 is 0. The third-order valence-corrected chi connectivity index (χ3v) is 3.48. The second-order valence-corrected chi connectivity index (χ2v) is 5.33. The fraction of sp³-hybridized carbons (Fsp3) is 0.400. The van der Waals surface area contributed by atoms with Gasteiger partial charge in [0.25, 0.3) is 10.1 Å². The quantitative estimate of drug-likeness (QED) is 0.442. The first kappa shape index (κ1) is 14.2. The van der Waals surface area contributed by atoms with Crippen molar-refractivity contribution in [3.63, 3.8) is 0 Å². The van der Waals surface area contributed by atoms with Gasteiger partial charge in [-0.05, 0) is 31.8 Å². The lowest BCUT2D eigenvalue weighted by atomic mass is 9.85. The van der Waals surface area contributed by atoms with Crippen LogP contribution in [-0.2, 0) is 14.3 Å². The molecule has 94 valence electrons. The van der Waals surface area contributed by atoms with Gasteiger partial charge in [0.15, 0.2) is 0 Å². The van der Waals surface area contributed by atoms with E-state index in [1.807, 2.05) is 6.92 Å². The van der Waals surface area contributed by atoms with Gasteiger partial charge in [-0.25, -0.2) is 0 Å². The van der Waals surface area contributed by atoms with Gasteiger partial charge in [0.05, 0.1) is 11.5 Å². The molecule has 0 saturated heterocycles. The van der Waals surface area contributed by atoms with Crippen molar-refractivity contribution in [1.29, 1.82) is 0 Å². The van der Waals surface area contributed by atoms with Crippen molar-refractivity contribution in [3.8, 4) is 0 Å². The molecule has 0 unspecified atom stereocenters. The average molecular weight is 258 g/mol. The Balaban J connectivity index is 2.54. The van der Waals surface area contributed by atoms with Crippen LogP contribution in [-0.4, -0.2) is 32.2 Å². The lowest BCUT2D eigenvalue weighted by Gasteiger charge is -2.05. The second-order valence-electron chi connectivity index (χ2n) is 3.71. The number of benzene rings is 1. The van der Waals surface area contributed by atoms with Gasteiger partial charge in [-0.2, -0.15) is 8.42 Å². The first-order chi connectivity index (χ1) is 7.92. The molecule has 0 spiro atoms. The molecule has 1 aromatic rings. The van der Waals surface area contributed by atoms with Crippen LogP contribution < -0.4 is 0 Å². The summed E-state index contributed by atoms with van der Waals surface area (Å²) < 4.78 is 28.0. The minimum absolute atomic E-state index is 0.0617. The van der Waals surface area contributed by atoms with Crippen LogP contribution in [0.3, 0.4) is 0 Å². The minimum atomic E-state index is -3.74. The van der Waals surface area contributed by atoms with Gasteiger partial charge in [-0.15, -0.1) is 0 Å². The Bertz CT molecular complexity index is 440. The zero-order valence-corrected chi connectivity index (χ0v) is 10.4. The molecule has 1 rings (SSSR count). The first-order valence-corrected chi connectivity index (χ1v) is 6.65. The summed E-state index contributed by atoms with van der Waals surface area (Å²) in [6.45, 7) is 1.80. The van der Waals surface area contributed by atoms with E-state index < -0.39 is 17.2 Å². The summed E-state index contributed by atoms with van der Waals surface area (Å²) in [6.07, 6.45) is 0.353. The Hall–Kier alpha value is -0.885. The minimum Gasteiger partial charge on any atom is -0.427 e. The van der Waals surface area contributed by atoms with Crippen LogP contribution >= 0.6 is 0 Å². The third-order valence-electron chi connectivity index (χ3n) is 2.15. The van der Waals surface area contributed by atoms with Gasteiger partial charge in [-0.1, -0.05) is 17.7 Å². The lowest BCUT2D eigenvalue weighted by Crippen LogP contribution is -2.13. The van der Waals surface area contributed by atoms with Crippen molar-refractivity contribution < 1.29 is 22.6 Å². The van der Waals surface area contributed by atoms with E-state index in [-0.39, 0.29) is 24.2 Å². The Morgan fingerprint density at radius 3 is 2.35 bits per heavy atom. The molecule has 0 atom stereocenters. The highest BCUT2D eigenvalue weighted by Crippen LogP contribution is 2.13. The van der Waals surface area contributed by atoms with Gasteiger partial charge in [0.1, 0.15) is 0 Å². The maximum Gasteiger partial charge on any atom is 0.451 e. The zero-order valence-electron chi connectivity index (χ0n) is 9.54. The summed E-state index contributed by atoms with van der Waals surface area (Å²) in [5.74, 6) is 0. The molecule has 5 nitrogen and oxygen atoms in total. The van der Waals surface area contributed by atoms with Crippen molar-refractivity contribution in [2.45, 2.75) is 24.6 Å². The van der Waals surface area contributed by atoms with E-state index >= 15 is 0 Å². The fourth-order valence-corrected chi connectivity index (χ4v) is 2.15. The highest BCUT2D eigenvalue weighted by atomic mass is 32.2. The Morgan fingerprint density at radius 1 is 1.24 bits per heavy atom. The maximum absolute atomic E-state index is 11.6. The third kappa shape index (κ3) is 4.87. The highest BCUT2D eigenvalue weighted by Gasteiger charge is 2.15. The molecule has 0 aromatic heterocycles. The molecule has 0 aliphatic rings. The molecule has 0 aliphatic carbocycles. The summed E-state index contributed by atoms with van der Waals surface area (Å²) in [5.41, 5.74) is 0.965. The predicted molar refractivity (Wildman–Crippen MR) is 63.9 cm³/mol. The van der Waals surface area contributed by atoms with Gasteiger partial charge < -0.3 is 10.0 Å². The van der Waals surface area contributed by atoms with E-state index in [0.717, 1.165) is 5.56 Å². The van der Waals surface area contributed by atoms with Crippen LogP contribution in [0, 0.1) is 6.92 Å². The second kappa shape index (κ2) is 6.16. The van der Waals surface area contributed by atoms with Crippen LogP contribution in [0.2, 0.25) is 6.32 Å². The van der Waals surface area contributed by atoms with Gasteiger partial charge in [0.2, 0.25) is 0 Å². The SMILES string of the molecule is Cc1ccc(S(=O)(=O)OCCCB(O)O)cc1. The van der Waals surface area contributed by atoms with Crippen molar-refractivity contribution in [3.05, 3.63) is 29.8 Å². The standard InChI is InChI=1S/C10H15BO5S/c1-9-3-5-10(6-4-9)17(14,15)16-8-2-7-11(12)13/h3-6,12-13H,2,7-8H2,1H3. The molecule has 0 aliphatic heterocycles. The summed E-state index contributed by atoms with van der Waals surface area (Å²) in [5, 5.41) is 17.2. The highest BCUT2D eigenvalue weighted by molar-refractivity contribution is 7.86. The van der Waals surface area contributed by atoms with Crippen LogP contribution in [0.1, 0.15) is 12.0 Å². The van der Waals surface area contributed by atoms with Crippen LogP contribution in [0.4, 0.5) is 0 Å². The molecule has 0 amide bonds. The summed E-state index contributed by atoms with van der Waals surface area (Å²) in [6, 6.07) is 6.33. The summed E-state index contributed by atoms with van der Waals surface area (Å²) in [4.78, 5) is 0.104. The largest absolute Gasteiger partial charge is 0.451 e. The normalized spacial score (nSPS) is 11.5. The van der Waals surface area contributed by atoms with E-state index in [1.54, 1.807) is 12.1 Å². The van der Waals surface area contributed by atoms with E-state index in [4.69, 9.17) is 14.2 Å². The fourth-order valence-electron chi connectivity index (χ4n) is 1.21. The van der Waals surface area contributed by atoms with Crippen molar-refractivity contribution in [2.75, 3.05) is 6.61 Å². The van der Waals surface area contributed by atoms with Crippen molar-refractivity contribution in [1.82, 2.24) is 0 Å². The maximum atomic E-state index is 11.6. The van der Waals surface area contributed by atoms with Gasteiger partial charge in [0, 0.05) is 0 Å². The molecule has 17 heavy (non-hydrogen) atoms. The topological polar surface area (TPSA) is 83.8 Å². The predicted octanol–water partition coefficient (Wildman–Crippen LogP) is 0.563. The molecule has 7 heteroatoms. The molecule has 2 N–H and O–H groups in total.